The predicted octanol–water partition coefficient (Wildman–Crippen LogP) is 0.968. The maximum atomic E-state index is 12.6. The van der Waals surface area contributed by atoms with E-state index in [0.717, 1.165) is 0 Å². The van der Waals surface area contributed by atoms with Crippen molar-refractivity contribution in [2.45, 2.75) is 36.1 Å². The second-order valence-electron chi connectivity index (χ2n) is 5.76. The fourth-order valence-electron chi connectivity index (χ4n) is 2.36. The van der Waals surface area contributed by atoms with Gasteiger partial charge in [-0.1, -0.05) is 6.07 Å². The molecule has 6 nitrogen and oxygen atoms in total. The molecule has 1 aromatic heterocycles. The monoisotopic (exact) mass is 345 g/mol. The van der Waals surface area contributed by atoms with E-state index in [1.165, 1.54) is 15.6 Å². The molecule has 0 unspecified atom stereocenters. The lowest BCUT2D eigenvalue weighted by molar-refractivity contribution is -0.124. The van der Waals surface area contributed by atoms with Crippen molar-refractivity contribution >= 4 is 27.3 Å². The molecule has 8 heteroatoms. The SMILES string of the molecule is C[C@@H](CNC(=O)[C@H]1CCCN1S(=O)(=O)c1cccs1)N(C)C. The Bertz CT molecular complexity index is 599. The minimum absolute atomic E-state index is 0.202. The van der Waals surface area contributed by atoms with Crippen molar-refractivity contribution in [3.8, 4) is 0 Å². The van der Waals surface area contributed by atoms with Crippen LogP contribution in [0.4, 0.5) is 0 Å². The smallest absolute Gasteiger partial charge is 0.253 e. The Labute approximate surface area is 136 Å². The van der Waals surface area contributed by atoms with E-state index in [4.69, 9.17) is 0 Å². The summed E-state index contributed by atoms with van der Waals surface area (Å²) in [6.07, 6.45) is 1.29. The molecule has 0 aromatic carbocycles. The van der Waals surface area contributed by atoms with Crippen LogP contribution in [0.1, 0.15) is 19.8 Å². The van der Waals surface area contributed by atoms with E-state index in [-0.39, 0.29) is 11.9 Å². The normalized spacial score (nSPS) is 21.2. The number of nitrogens with one attached hydrogen (secondary N) is 1. The Balaban J connectivity index is 2.06. The number of amides is 1. The lowest BCUT2D eigenvalue weighted by Crippen LogP contribution is -2.48. The Morgan fingerprint density at radius 1 is 1.55 bits per heavy atom. The number of hydrogen-bond donors (Lipinski definition) is 1. The highest BCUT2D eigenvalue weighted by molar-refractivity contribution is 7.91. The number of sulfonamides is 1. The van der Waals surface area contributed by atoms with Gasteiger partial charge in [0.1, 0.15) is 10.3 Å². The fraction of sp³-hybridized carbons (Fsp3) is 0.643. The summed E-state index contributed by atoms with van der Waals surface area (Å²) < 4.78 is 26.9. The van der Waals surface area contributed by atoms with Crippen LogP contribution in [0.15, 0.2) is 21.7 Å². The quantitative estimate of drug-likeness (QED) is 0.834. The van der Waals surface area contributed by atoms with Crippen LogP contribution in [-0.4, -0.2) is 62.8 Å². The lowest BCUT2D eigenvalue weighted by atomic mass is 10.2. The molecule has 1 saturated heterocycles. The molecule has 1 N–H and O–H groups in total. The summed E-state index contributed by atoms with van der Waals surface area (Å²) in [7, 11) is 0.325. The molecule has 2 heterocycles. The van der Waals surface area contributed by atoms with Crippen molar-refractivity contribution in [3.05, 3.63) is 17.5 Å². The minimum Gasteiger partial charge on any atom is -0.353 e. The van der Waals surface area contributed by atoms with Crippen LogP contribution >= 0.6 is 11.3 Å². The maximum Gasteiger partial charge on any atom is 0.253 e. The van der Waals surface area contributed by atoms with Crippen molar-refractivity contribution < 1.29 is 13.2 Å². The second-order valence-corrected chi connectivity index (χ2v) is 8.83. The third-order valence-electron chi connectivity index (χ3n) is 4.02. The van der Waals surface area contributed by atoms with Gasteiger partial charge in [0.05, 0.1) is 0 Å². The summed E-state index contributed by atoms with van der Waals surface area (Å²) in [5.41, 5.74) is 0. The van der Waals surface area contributed by atoms with Gasteiger partial charge in [0.2, 0.25) is 5.91 Å². The standard InChI is InChI=1S/C14H23N3O3S2/c1-11(16(2)3)10-15-14(18)12-6-4-8-17(12)22(19,20)13-7-5-9-21-13/h5,7,9,11-12H,4,6,8,10H2,1-3H3,(H,15,18)/t11-,12+/m0/s1. The third kappa shape index (κ3) is 3.68. The van der Waals surface area contributed by atoms with Gasteiger partial charge in [-0.05, 0) is 45.3 Å². The van der Waals surface area contributed by atoms with Crippen LogP contribution < -0.4 is 5.32 Å². The Hall–Kier alpha value is -0.960. The van der Waals surface area contributed by atoms with Gasteiger partial charge in [0, 0.05) is 19.1 Å². The average Bonchev–Trinajstić information content (AvgIpc) is 3.14. The van der Waals surface area contributed by atoms with Gasteiger partial charge in [-0.2, -0.15) is 4.31 Å². The molecule has 1 amide bonds. The first-order valence-corrected chi connectivity index (χ1v) is 9.65. The van der Waals surface area contributed by atoms with E-state index >= 15 is 0 Å². The van der Waals surface area contributed by atoms with Gasteiger partial charge >= 0.3 is 0 Å². The molecular weight excluding hydrogens is 322 g/mol. The highest BCUT2D eigenvalue weighted by atomic mass is 32.2. The molecule has 0 radical (unpaired) electrons. The summed E-state index contributed by atoms with van der Waals surface area (Å²) in [4.78, 5) is 14.4. The van der Waals surface area contributed by atoms with Gasteiger partial charge in [0.25, 0.3) is 10.0 Å². The molecule has 0 spiro atoms. The number of nitrogens with zero attached hydrogens (tertiary/aromatic N) is 2. The number of hydrogen-bond acceptors (Lipinski definition) is 5. The predicted molar refractivity (Wildman–Crippen MR) is 87.4 cm³/mol. The molecule has 0 bridgehead atoms. The summed E-state index contributed by atoms with van der Waals surface area (Å²) >= 11 is 1.18. The zero-order valence-electron chi connectivity index (χ0n) is 13.2. The van der Waals surface area contributed by atoms with Crippen molar-refractivity contribution in [3.63, 3.8) is 0 Å². The van der Waals surface area contributed by atoms with Gasteiger partial charge in [-0.25, -0.2) is 8.42 Å². The van der Waals surface area contributed by atoms with Gasteiger partial charge in [-0.3, -0.25) is 4.79 Å². The summed E-state index contributed by atoms with van der Waals surface area (Å²) in [6, 6.07) is 2.90. The van der Waals surface area contributed by atoms with Gasteiger partial charge in [-0.15, -0.1) is 11.3 Å². The van der Waals surface area contributed by atoms with Crippen LogP contribution in [0, 0.1) is 0 Å². The van der Waals surface area contributed by atoms with E-state index in [9.17, 15) is 13.2 Å². The molecule has 1 fully saturated rings. The van der Waals surface area contributed by atoms with E-state index in [1.54, 1.807) is 17.5 Å². The summed E-state index contributed by atoms with van der Waals surface area (Å²) in [5.74, 6) is -0.202. The number of carbonyl (C=O) groups is 1. The average molecular weight is 345 g/mol. The highest BCUT2D eigenvalue weighted by Crippen LogP contribution is 2.28. The molecule has 2 rings (SSSR count). The molecule has 1 aromatic rings. The molecule has 2 atom stereocenters. The first-order valence-electron chi connectivity index (χ1n) is 7.33. The molecule has 0 saturated carbocycles. The van der Waals surface area contributed by atoms with Gasteiger partial charge < -0.3 is 10.2 Å². The molecule has 1 aliphatic rings. The lowest BCUT2D eigenvalue weighted by Gasteiger charge is -2.25. The minimum atomic E-state index is -3.56. The number of rotatable bonds is 6. The summed E-state index contributed by atoms with van der Waals surface area (Å²) in [5, 5.41) is 4.60. The van der Waals surface area contributed by atoms with Crippen LogP contribution in [-0.2, 0) is 14.8 Å². The van der Waals surface area contributed by atoms with E-state index in [2.05, 4.69) is 5.32 Å². The van der Waals surface area contributed by atoms with Crippen molar-refractivity contribution in [1.82, 2.24) is 14.5 Å². The Kier molecular flexibility index (Phi) is 5.60. The third-order valence-corrected chi connectivity index (χ3v) is 7.30. The van der Waals surface area contributed by atoms with Gasteiger partial charge in [0.15, 0.2) is 0 Å². The van der Waals surface area contributed by atoms with E-state index in [0.29, 0.717) is 30.1 Å². The second kappa shape index (κ2) is 7.08. The molecule has 124 valence electrons. The maximum absolute atomic E-state index is 12.6. The van der Waals surface area contributed by atoms with Crippen LogP contribution in [0.5, 0.6) is 0 Å². The van der Waals surface area contributed by atoms with Crippen molar-refractivity contribution in [2.24, 2.45) is 0 Å². The van der Waals surface area contributed by atoms with E-state index < -0.39 is 16.1 Å². The zero-order chi connectivity index (χ0) is 16.3. The number of likely N-dealkylation sites (N-methyl/N-ethyl adjacent to an activating group) is 1. The van der Waals surface area contributed by atoms with Crippen LogP contribution in [0.3, 0.4) is 0 Å². The molecule has 1 aliphatic heterocycles. The fourth-order valence-corrected chi connectivity index (χ4v) is 5.14. The molecule has 0 aliphatic carbocycles. The number of thiophene rings is 1. The number of carbonyl (C=O) groups excluding carboxylic acids is 1. The Morgan fingerprint density at radius 2 is 2.27 bits per heavy atom. The first-order chi connectivity index (χ1) is 10.3. The Morgan fingerprint density at radius 3 is 2.86 bits per heavy atom. The highest BCUT2D eigenvalue weighted by Gasteiger charge is 2.39. The summed E-state index contributed by atoms with van der Waals surface area (Å²) in [6.45, 7) is 2.92. The van der Waals surface area contributed by atoms with E-state index in [1.807, 2.05) is 25.9 Å². The molecular formula is C14H23N3O3S2. The topological polar surface area (TPSA) is 69.7 Å². The van der Waals surface area contributed by atoms with Crippen molar-refractivity contribution in [2.75, 3.05) is 27.2 Å². The first kappa shape index (κ1) is 17.4. The largest absolute Gasteiger partial charge is 0.353 e. The van der Waals surface area contributed by atoms with Crippen LogP contribution in [0.25, 0.3) is 0 Å². The van der Waals surface area contributed by atoms with Crippen molar-refractivity contribution in [1.29, 1.82) is 0 Å². The van der Waals surface area contributed by atoms with Crippen LogP contribution in [0.2, 0.25) is 0 Å². The molecule has 22 heavy (non-hydrogen) atoms. The zero-order valence-corrected chi connectivity index (χ0v) is 14.8.